The molecule has 0 spiro atoms. The van der Waals surface area contributed by atoms with Crippen LogP contribution in [0.4, 0.5) is 11.6 Å². The molecule has 2 aromatic rings. The van der Waals surface area contributed by atoms with Crippen molar-refractivity contribution in [2.45, 2.75) is 37.4 Å². The summed E-state index contributed by atoms with van der Waals surface area (Å²) < 4.78 is 0. The van der Waals surface area contributed by atoms with Crippen LogP contribution in [0, 0.1) is 13.8 Å². The fourth-order valence-corrected chi connectivity index (χ4v) is 2.62. The van der Waals surface area contributed by atoms with E-state index < -0.39 is 0 Å². The Morgan fingerprint density at radius 1 is 1.33 bits per heavy atom. The fourth-order valence-electron chi connectivity index (χ4n) is 1.71. The van der Waals surface area contributed by atoms with E-state index in [-0.39, 0.29) is 11.4 Å². The summed E-state index contributed by atoms with van der Waals surface area (Å²) >= 11 is 1.27. The molecule has 0 unspecified atom stereocenters. The normalized spacial score (nSPS) is 10.6. The largest absolute Gasteiger partial charge is 0.383 e. The summed E-state index contributed by atoms with van der Waals surface area (Å²) in [5.41, 5.74) is 6.23. The smallest absolute Gasteiger partial charge is 0.253 e. The van der Waals surface area contributed by atoms with Crippen molar-refractivity contribution < 1.29 is 0 Å². The molecular weight excluding hydrogens is 288 g/mol. The number of nitrogens with one attached hydrogen (secondary N) is 2. The molecule has 0 radical (unpaired) electrons. The Bertz CT molecular complexity index is 700. The van der Waals surface area contributed by atoms with Crippen molar-refractivity contribution in [3.8, 4) is 0 Å². The maximum Gasteiger partial charge on any atom is 0.253 e. The summed E-state index contributed by atoms with van der Waals surface area (Å²) in [5, 5.41) is 4.44. The highest BCUT2D eigenvalue weighted by molar-refractivity contribution is 7.99. The Hall–Kier alpha value is -2.09. The van der Waals surface area contributed by atoms with Crippen molar-refractivity contribution in [2.75, 3.05) is 17.6 Å². The molecule has 112 valence electrons. The Kier molecular flexibility index (Phi) is 4.79. The molecule has 0 atom stereocenters. The summed E-state index contributed by atoms with van der Waals surface area (Å²) in [5.74, 6) is 1.65. The second-order valence-electron chi connectivity index (χ2n) is 4.55. The molecule has 0 aliphatic rings. The van der Waals surface area contributed by atoms with Gasteiger partial charge in [-0.3, -0.25) is 4.79 Å². The van der Waals surface area contributed by atoms with Gasteiger partial charge in [0.2, 0.25) is 0 Å². The number of anilines is 2. The van der Waals surface area contributed by atoms with Gasteiger partial charge in [-0.25, -0.2) is 15.0 Å². The van der Waals surface area contributed by atoms with Crippen LogP contribution in [0.5, 0.6) is 0 Å². The molecule has 0 aromatic carbocycles. The van der Waals surface area contributed by atoms with E-state index >= 15 is 0 Å². The third-order valence-corrected chi connectivity index (χ3v) is 3.67. The second kappa shape index (κ2) is 6.57. The molecule has 2 aromatic heterocycles. The molecule has 0 aliphatic carbocycles. The van der Waals surface area contributed by atoms with Crippen LogP contribution in [0.25, 0.3) is 0 Å². The standard InChI is InChI=1S/C13H18N6OS/c1-4-5-15-11-7(2)12(17-8(3)16-11)21-13-18-9(14)6-10(20)19-13/h6H,4-5H2,1-3H3,(H,15,16,17)(H3,14,18,19,20). The quantitative estimate of drug-likeness (QED) is 0.570. The maximum absolute atomic E-state index is 11.4. The average molecular weight is 306 g/mol. The third kappa shape index (κ3) is 3.94. The Morgan fingerprint density at radius 3 is 2.76 bits per heavy atom. The molecule has 7 nitrogen and oxygen atoms in total. The number of nitrogens with two attached hydrogens (primary N) is 1. The molecule has 0 saturated heterocycles. The zero-order chi connectivity index (χ0) is 15.4. The third-order valence-electron chi connectivity index (χ3n) is 2.69. The number of nitrogen functional groups attached to an aromatic ring is 1. The predicted octanol–water partition coefficient (Wildman–Crippen LogP) is 1.73. The van der Waals surface area contributed by atoms with E-state index in [1.54, 1.807) is 0 Å². The Balaban J connectivity index is 2.34. The fraction of sp³-hybridized carbons (Fsp3) is 0.385. The van der Waals surface area contributed by atoms with Gasteiger partial charge >= 0.3 is 0 Å². The van der Waals surface area contributed by atoms with Crippen LogP contribution in [0.1, 0.15) is 24.7 Å². The number of aryl methyl sites for hydroxylation is 1. The first-order valence-electron chi connectivity index (χ1n) is 6.63. The van der Waals surface area contributed by atoms with Gasteiger partial charge in [0.05, 0.1) is 0 Å². The van der Waals surface area contributed by atoms with Gasteiger partial charge in [-0.15, -0.1) is 0 Å². The lowest BCUT2D eigenvalue weighted by Crippen LogP contribution is -2.10. The Morgan fingerprint density at radius 2 is 2.10 bits per heavy atom. The summed E-state index contributed by atoms with van der Waals surface area (Å²) in [4.78, 5) is 27.0. The number of rotatable bonds is 5. The second-order valence-corrected chi connectivity index (χ2v) is 5.53. The molecule has 0 aliphatic heterocycles. The van der Waals surface area contributed by atoms with Crippen LogP contribution >= 0.6 is 11.8 Å². The molecule has 2 rings (SSSR count). The lowest BCUT2D eigenvalue weighted by molar-refractivity contribution is 0.897. The van der Waals surface area contributed by atoms with Gasteiger partial charge in [-0.1, -0.05) is 6.92 Å². The van der Waals surface area contributed by atoms with E-state index in [0.717, 1.165) is 29.4 Å². The van der Waals surface area contributed by atoms with Gasteiger partial charge in [0.1, 0.15) is 22.5 Å². The van der Waals surface area contributed by atoms with Gasteiger partial charge in [0.15, 0.2) is 5.16 Å². The average Bonchev–Trinajstić information content (AvgIpc) is 2.39. The highest BCUT2D eigenvalue weighted by Gasteiger charge is 2.12. The lowest BCUT2D eigenvalue weighted by atomic mass is 10.3. The van der Waals surface area contributed by atoms with Crippen molar-refractivity contribution in [3.63, 3.8) is 0 Å². The molecular formula is C13H18N6OS. The summed E-state index contributed by atoms with van der Waals surface area (Å²) in [6, 6.07) is 1.25. The summed E-state index contributed by atoms with van der Waals surface area (Å²) in [7, 11) is 0. The zero-order valence-corrected chi connectivity index (χ0v) is 13.0. The summed E-state index contributed by atoms with van der Waals surface area (Å²) in [6.45, 7) is 6.70. The minimum Gasteiger partial charge on any atom is -0.383 e. The first-order chi connectivity index (χ1) is 9.99. The first kappa shape index (κ1) is 15.3. The van der Waals surface area contributed by atoms with Crippen LogP contribution in [-0.2, 0) is 0 Å². The molecule has 0 fully saturated rings. The van der Waals surface area contributed by atoms with Crippen LogP contribution in [0.15, 0.2) is 21.0 Å². The topological polar surface area (TPSA) is 110 Å². The number of hydrogen-bond donors (Lipinski definition) is 3. The van der Waals surface area contributed by atoms with Gasteiger partial charge < -0.3 is 16.0 Å². The van der Waals surface area contributed by atoms with E-state index in [1.165, 1.54) is 17.8 Å². The van der Waals surface area contributed by atoms with Crippen LogP contribution in [-0.4, -0.2) is 26.5 Å². The minimum atomic E-state index is -0.280. The van der Waals surface area contributed by atoms with Gasteiger partial charge in [-0.2, -0.15) is 0 Å². The molecule has 4 N–H and O–H groups in total. The van der Waals surface area contributed by atoms with Crippen molar-refractivity contribution in [1.29, 1.82) is 0 Å². The van der Waals surface area contributed by atoms with Crippen LogP contribution in [0.3, 0.4) is 0 Å². The SMILES string of the molecule is CCCNc1nc(C)nc(Sc2nc(N)cc(=O)[nH]2)c1C. The van der Waals surface area contributed by atoms with E-state index in [2.05, 4.69) is 32.2 Å². The highest BCUT2D eigenvalue weighted by Crippen LogP contribution is 2.28. The number of aromatic nitrogens is 4. The first-order valence-corrected chi connectivity index (χ1v) is 7.45. The van der Waals surface area contributed by atoms with E-state index in [0.29, 0.717) is 11.0 Å². The number of nitrogens with zero attached hydrogens (tertiary/aromatic N) is 3. The van der Waals surface area contributed by atoms with Crippen molar-refractivity contribution in [1.82, 2.24) is 19.9 Å². The van der Waals surface area contributed by atoms with E-state index in [4.69, 9.17) is 5.73 Å². The molecule has 0 bridgehead atoms. The maximum atomic E-state index is 11.4. The summed E-state index contributed by atoms with van der Waals surface area (Å²) in [6.07, 6.45) is 1.01. The Labute approximate surface area is 126 Å². The lowest BCUT2D eigenvalue weighted by Gasteiger charge is -2.11. The number of aromatic amines is 1. The highest BCUT2D eigenvalue weighted by atomic mass is 32.2. The monoisotopic (exact) mass is 306 g/mol. The van der Waals surface area contributed by atoms with Crippen molar-refractivity contribution in [2.24, 2.45) is 0 Å². The van der Waals surface area contributed by atoms with Crippen molar-refractivity contribution >= 4 is 23.4 Å². The van der Waals surface area contributed by atoms with Gasteiger partial charge in [0.25, 0.3) is 5.56 Å². The molecule has 0 amide bonds. The molecule has 0 saturated carbocycles. The zero-order valence-electron chi connectivity index (χ0n) is 12.2. The minimum absolute atomic E-state index is 0.189. The number of hydrogen-bond acceptors (Lipinski definition) is 7. The van der Waals surface area contributed by atoms with E-state index in [9.17, 15) is 4.79 Å². The number of H-pyrrole nitrogens is 1. The van der Waals surface area contributed by atoms with Gasteiger partial charge in [0, 0.05) is 18.2 Å². The van der Waals surface area contributed by atoms with Gasteiger partial charge in [-0.05, 0) is 32.0 Å². The van der Waals surface area contributed by atoms with E-state index in [1.807, 2.05) is 13.8 Å². The van der Waals surface area contributed by atoms with Crippen LogP contribution < -0.4 is 16.6 Å². The molecule has 21 heavy (non-hydrogen) atoms. The molecule has 2 heterocycles. The molecule has 8 heteroatoms. The van der Waals surface area contributed by atoms with Crippen molar-refractivity contribution in [3.05, 3.63) is 27.8 Å². The predicted molar refractivity (Wildman–Crippen MR) is 83.7 cm³/mol. The van der Waals surface area contributed by atoms with Crippen LogP contribution in [0.2, 0.25) is 0 Å².